The zero-order valence-electron chi connectivity index (χ0n) is 20.0. The number of aromatic nitrogens is 2. The Labute approximate surface area is 205 Å². The van der Waals surface area contributed by atoms with Crippen molar-refractivity contribution in [2.75, 3.05) is 12.4 Å². The molecule has 0 atom stereocenters. The molecule has 2 aromatic heterocycles. The highest BCUT2D eigenvalue weighted by atomic mass is 32.2. The maximum atomic E-state index is 13.0. The van der Waals surface area contributed by atoms with Gasteiger partial charge in [-0.05, 0) is 68.2 Å². The molecule has 0 aliphatic rings. The molecule has 0 fully saturated rings. The van der Waals surface area contributed by atoms with Crippen molar-refractivity contribution in [3.05, 3.63) is 67.0 Å². The third-order valence-electron chi connectivity index (χ3n) is 5.77. The van der Waals surface area contributed by atoms with Gasteiger partial charge in [0.25, 0.3) is 5.91 Å². The van der Waals surface area contributed by atoms with Crippen molar-refractivity contribution >= 4 is 32.7 Å². The van der Waals surface area contributed by atoms with Gasteiger partial charge in [0.1, 0.15) is 5.65 Å². The lowest BCUT2D eigenvalue weighted by Crippen LogP contribution is -2.33. The van der Waals surface area contributed by atoms with Crippen LogP contribution in [0.4, 0.5) is 5.69 Å². The molecule has 0 radical (unpaired) electrons. The standard InChI is InChI=1S/C27H26N4O3S/c1-5-8-26(32)30-22-11-6-9-19(13-22)21-15-24-25(17-29-27(24)28-16-21)20-10-7-12-23(14-20)35(33,34)31(4)18(2)3/h6-7,9-18H,1-4H3,(H,28,29)(H,30,32). The van der Waals surface area contributed by atoms with Gasteiger partial charge in [0.05, 0.1) is 4.90 Å². The maximum absolute atomic E-state index is 13.0. The van der Waals surface area contributed by atoms with E-state index in [0.29, 0.717) is 11.3 Å². The minimum atomic E-state index is -3.61. The zero-order chi connectivity index (χ0) is 25.2. The maximum Gasteiger partial charge on any atom is 0.300 e. The lowest BCUT2D eigenvalue weighted by Gasteiger charge is -2.21. The number of carbonyl (C=O) groups is 1. The predicted octanol–water partition coefficient (Wildman–Crippen LogP) is 4.89. The number of rotatable bonds is 6. The molecule has 2 aromatic carbocycles. The molecule has 0 unspecified atom stereocenters. The van der Waals surface area contributed by atoms with E-state index >= 15 is 0 Å². The number of benzene rings is 2. The van der Waals surface area contributed by atoms with Crippen molar-refractivity contribution in [2.45, 2.75) is 31.7 Å². The van der Waals surface area contributed by atoms with Gasteiger partial charge in [-0.15, -0.1) is 0 Å². The first-order valence-corrected chi connectivity index (χ1v) is 12.5. The highest BCUT2D eigenvalue weighted by Crippen LogP contribution is 2.33. The summed E-state index contributed by atoms with van der Waals surface area (Å²) in [5.74, 6) is 4.68. The Bertz CT molecular complexity index is 1580. The number of carbonyl (C=O) groups excluding carboxylic acids is 1. The molecule has 2 N–H and O–H groups in total. The quantitative estimate of drug-likeness (QED) is 0.380. The van der Waals surface area contributed by atoms with Crippen LogP contribution in [0.5, 0.6) is 0 Å². The van der Waals surface area contributed by atoms with E-state index in [1.165, 1.54) is 4.31 Å². The van der Waals surface area contributed by atoms with Gasteiger partial charge in [-0.2, -0.15) is 4.31 Å². The molecule has 35 heavy (non-hydrogen) atoms. The first-order chi connectivity index (χ1) is 16.7. The lowest BCUT2D eigenvalue weighted by molar-refractivity contribution is -0.111. The third-order valence-corrected chi connectivity index (χ3v) is 7.80. The molecule has 0 spiro atoms. The monoisotopic (exact) mass is 486 g/mol. The van der Waals surface area contributed by atoms with E-state index in [1.807, 2.05) is 50.4 Å². The Balaban J connectivity index is 1.74. The first kappa shape index (κ1) is 24.2. The second-order valence-corrected chi connectivity index (χ2v) is 10.4. The third kappa shape index (κ3) is 4.97. The smallest absolute Gasteiger partial charge is 0.300 e. The van der Waals surface area contributed by atoms with Crippen LogP contribution in [0, 0.1) is 11.8 Å². The van der Waals surface area contributed by atoms with Crippen LogP contribution in [0.1, 0.15) is 20.8 Å². The van der Waals surface area contributed by atoms with E-state index < -0.39 is 10.0 Å². The molecule has 8 heteroatoms. The van der Waals surface area contributed by atoms with E-state index in [9.17, 15) is 13.2 Å². The fourth-order valence-corrected chi connectivity index (χ4v) is 5.13. The van der Waals surface area contributed by atoms with Gasteiger partial charge in [-0.3, -0.25) is 4.79 Å². The van der Waals surface area contributed by atoms with Crippen LogP contribution in [0.15, 0.2) is 71.9 Å². The first-order valence-electron chi connectivity index (χ1n) is 11.1. The van der Waals surface area contributed by atoms with Gasteiger partial charge in [-0.1, -0.05) is 30.2 Å². The van der Waals surface area contributed by atoms with E-state index in [0.717, 1.165) is 27.6 Å². The molecule has 0 saturated carbocycles. The summed E-state index contributed by atoms with van der Waals surface area (Å²) in [6.45, 7) is 5.29. The van der Waals surface area contributed by atoms with Gasteiger partial charge >= 0.3 is 0 Å². The number of amides is 1. The topological polar surface area (TPSA) is 95.2 Å². The summed E-state index contributed by atoms with van der Waals surface area (Å²) in [7, 11) is -2.03. The zero-order valence-corrected chi connectivity index (χ0v) is 20.8. The highest BCUT2D eigenvalue weighted by molar-refractivity contribution is 7.89. The molecule has 178 valence electrons. The van der Waals surface area contributed by atoms with Gasteiger partial charge in [0.2, 0.25) is 10.0 Å². The van der Waals surface area contributed by atoms with Crippen molar-refractivity contribution in [2.24, 2.45) is 0 Å². The van der Waals surface area contributed by atoms with Gasteiger partial charge in [0.15, 0.2) is 0 Å². The summed E-state index contributed by atoms with van der Waals surface area (Å²) in [6.07, 6.45) is 3.59. The summed E-state index contributed by atoms with van der Waals surface area (Å²) in [6, 6.07) is 16.2. The minimum Gasteiger partial charge on any atom is -0.346 e. The number of anilines is 1. The van der Waals surface area contributed by atoms with Gasteiger partial charge in [0, 0.05) is 47.7 Å². The number of aromatic amines is 1. The van der Waals surface area contributed by atoms with E-state index in [2.05, 4.69) is 27.1 Å². The number of nitrogens with zero attached hydrogens (tertiary/aromatic N) is 2. The Morgan fingerprint density at radius 3 is 2.54 bits per heavy atom. The number of nitrogens with one attached hydrogen (secondary N) is 2. The molecule has 0 aliphatic carbocycles. The number of fused-ring (bicyclic) bond motifs is 1. The predicted molar refractivity (Wildman–Crippen MR) is 139 cm³/mol. The fraction of sp³-hybridized carbons (Fsp3) is 0.185. The molecule has 0 saturated heterocycles. The van der Waals surface area contributed by atoms with E-state index in [4.69, 9.17) is 0 Å². The van der Waals surface area contributed by atoms with Crippen molar-refractivity contribution < 1.29 is 13.2 Å². The Morgan fingerprint density at radius 2 is 1.80 bits per heavy atom. The summed E-state index contributed by atoms with van der Waals surface area (Å²) in [5.41, 5.74) is 4.69. The van der Waals surface area contributed by atoms with E-state index in [1.54, 1.807) is 44.4 Å². The number of pyridine rings is 1. The average molecular weight is 487 g/mol. The molecule has 4 rings (SSSR count). The van der Waals surface area contributed by atoms with Crippen LogP contribution >= 0.6 is 0 Å². The van der Waals surface area contributed by atoms with E-state index in [-0.39, 0.29) is 16.8 Å². The number of H-pyrrole nitrogens is 1. The molecule has 4 aromatic rings. The van der Waals surface area contributed by atoms with Crippen LogP contribution in [0.2, 0.25) is 0 Å². The molecule has 2 heterocycles. The van der Waals surface area contributed by atoms with Gasteiger partial charge < -0.3 is 10.3 Å². The molecule has 1 amide bonds. The normalized spacial score (nSPS) is 11.5. The molecule has 0 aliphatic heterocycles. The highest BCUT2D eigenvalue weighted by Gasteiger charge is 2.23. The Kier molecular flexibility index (Phi) is 6.74. The number of hydrogen-bond donors (Lipinski definition) is 2. The lowest BCUT2D eigenvalue weighted by atomic mass is 10.0. The van der Waals surface area contributed by atoms with Crippen LogP contribution in [-0.2, 0) is 14.8 Å². The summed E-state index contributed by atoms with van der Waals surface area (Å²) >= 11 is 0. The van der Waals surface area contributed by atoms with Crippen LogP contribution in [-0.4, -0.2) is 41.7 Å². The fourth-order valence-electron chi connectivity index (χ4n) is 3.72. The Morgan fingerprint density at radius 1 is 1.06 bits per heavy atom. The number of hydrogen-bond acceptors (Lipinski definition) is 4. The summed E-state index contributed by atoms with van der Waals surface area (Å²) in [5, 5.41) is 3.62. The largest absolute Gasteiger partial charge is 0.346 e. The molecular formula is C27H26N4O3S. The molecular weight excluding hydrogens is 460 g/mol. The minimum absolute atomic E-state index is 0.155. The van der Waals surface area contributed by atoms with Gasteiger partial charge in [-0.25, -0.2) is 13.4 Å². The van der Waals surface area contributed by atoms with Crippen LogP contribution in [0.25, 0.3) is 33.3 Å². The number of sulfonamides is 1. The molecule has 0 bridgehead atoms. The summed E-state index contributed by atoms with van der Waals surface area (Å²) in [4.78, 5) is 19.8. The van der Waals surface area contributed by atoms with Crippen molar-refractivity contribution in [1.29, 1.82) is 0 Å². The SMILES string of the molecule is CC#CC(=O)Nc1cccc(-c2cnc3[nH]cc(-c4cccc(S(=O)(=O)N(C)C(C)C)c4)c3c2)c1. The Hall–Kier alpha value is -3.93. The van der Waals surface area contributed by atoms with Crippen molar-refractivity contribution in [3.63, 3.8) is 0 Å². The second-order valence-electron chi connectivity index (χ2n) is 8.38. The second kappa shape index (κ2) is 9.74. The summed E-state index contributed by atoms with van der Waals surface area (Å²) < 4.78 is 27.4. The van der Waals surface area contributed by atoms with Crippen molar-refractivity contribution in [1.82, 2.24) is 14.3 Å². The average Bonchev–Trinajstić information content (AvgIpc) is 3.27. The molecule has 7 nitrogen and oxygen atoms in total. The van der Waals surface area contributed by atoms with Crippen molar-refractivity contribution in [3.8, 4) is 34.1 Å². The van der Waals surface area contributed by atoms with Crippen LogP contribution in [0.3, 0.4) is 0 Å². The van der Waals surface area contributed by atoms with Crippen LogP contribution < -0.4 is 5.32 Å².